The molecule has 1 aromatic heterocycles. The van der Waals surface area contributed by atoms with Crippen LogP contribution in [-0.2, 0) is 0 Å². The number of rotatable bonds is 9. The summed E-state index contributed by atoms with van der Waals surface area (Å²) in [6, 6.07) is 11.5. The first kappa shape index (κ1) is 21.7. The Labute approximate surface area is 178 Å². The fraction of sp³-hybridized carbons (Fsp3) is 0.143. The molecule has 31 heavy (non-hydrogen) atoms. The van der Waals surface area contributed by atoms with Crippen molar-refractivity contribution in [1.29, 1.82) is 5.41 Å². The van der Waals surface area contributed by atoms with Crippen LogP contribution in [-0.4, -0.2) is 40.3 Å². The molecule has 0 atom stereocenters. The van der Waals surface area contributed by atoms with E-state index in [0.717, 1.165) is 12.4 Å². The number of hydrogen-bond acceptors (Lipinski definition) is 8. The van der Waals surface area contributed by atoms with Gasteiger partial charge in [0.2, 0.25) is 11.9 Å². The minimum atomic E-state index is -0.687. The number of aromatic nitrogens is 2. The molecule has 3 aromatic rings. The second-order valence-corrected chi connectivity index (χ2v) is 6.59. The third-order valence-electron chi connectivity index (χ3n) is 4.48. The summed E-state index contributed by atoms with van der Waals surface area (Å²) < 4.78 is 14.8. The maximum atomic E-state index is 14.8. The zero-order chi connectivity index (χ0) is 22.4. The van der Waals surface area contributed by atoms with Crippen LogP contribution in [0.3, 0.4) is 0 Å². The van der Waals surface area contributed by atoms with Crippen LogP contribution in [0.5, 0.6) is 0 Å². The lowest BCUT2D eigenvalue weighted by Gasteiger charge is -2.26. The Hall–Kier alpha value is -4.05. The highest BCUT2D eigenvalue weighted by atomic mass is 19.1. The summed E-state index contributed by atoms with van der Waals surface area (Å²) in [6.45, 7) is 0.113. The number of primary amides is 1. The zero-order valence-electron chi connectivity index (χ0n) is 16.5. The molecule has 0 spiro atoms. The minimum Gasteiger partial charge on any atom is -0.398 e. The summed E-state index contributed by atoms with van der Waals surface area (Å²) in [4.78, 5) is 21.2. The van der Waals surface area contributed by atoms with Gasteiger partial charge in [-0.05, 0) is 36.8 Å². The van der Waals surface area contributed by atoms with Gasteiger partial charge in [-0.3, -0.25) is 4.79 Å². The molecule has 0 bridgehead atoms. The van der Waals surface area contributed by atoms with Crippen molar-refractivity contribution in [2.24, 2.45) is 5.73 Å². The average molecular weight is 423 g/mol. The zero-order valence-corrected chi connectivity index (χ0v) is 16.5. The molecule has 3 rings (SSSR count). The SMILES string of the molecule is N=Cc1c(N)cccc1N(CCCO)c1nc(Nc2cccc(C(N)=O)c2)ncc1F. The number of halogens is 1. The summed E-state index contributed by atoms with van der Waals surface area (Å²) in [5.41, 5.74) is 13.3. The molecule has 2 aromatic carbocycles. The molecule has 0 radical (unpaired) electrons. The number of aliphatic hydroxyl groups is 1. The quantitative estimate of drug-likeness (QED) is 0.262. The Morgan fingerprint density at radius 3 is 2.77 bits per heavy atom. The molecule has 0 fully saturated rings. The number of amides is 1. The van der Waals surface area contributed by atoms with Gasteiger partial charge in [0, 0.05) is 41.9 Å². The lowest BCUT2D eigenvalue weighted by atomic mass is 10.1. The number of nitrogen functional groups attached to an aromatic ring is 1. The first-order valence-electron chi connectivity index (χ1n) is 9.41. The molecule has 7 N–H and O–H groups in total. The molecular formula is C21H22FN7O2. The lowest BCUT2D eigenvalue weighted by molar-refractivity contribution is 0.100. The van der Waals surface area contributed by atoms with Gasteiger partial charge in [0.15, 0.2) is 11.6 Å². The van der Waals surface area contributed by atoms with Gasteiger partial charge < -0.3 is 32.2 Å². The summed E-state index contributed by atoms with van der Waals surface area (Å²) in [5, 5.41) is 19.9. The van der Waals surface area contributed by atoms with Crippen molar-refractivity contribution in [2.75, 3.05) is 29.1 Å². The van der Waals surface area contributed by atoms with Crippen molar-refractivity contribution >= 4 is 41.0 Å². The van der Waals surface area contributed by atoms with E-state index >= 15 is 0 Å². The second-order valence-electron chi connectivity index (χ2n) is 6.59. The van der Waals surface area contributed by atoms with Gasteiger partial charge >= 0.3 is 0 Å². The van der Waals surface area contributed by atoms with Crippen molar-refractivity contribution in [1.82, 2.24) is 9.97 Å². The van der Waals surface area contributed by atoms with Crippen LogP contribution in [0, 0.1) is 11.2 Å². The van der Waals surface area contributed by atoms with E-state index in [4.69, 9.17) is 16.9 Å². The van der Waals surface area contributed by atoms with Gasteiger partial charge in [-0.25, -0.2) is 9.37 Å². The predicted octanol–water partition coefficient (Wildman–Crippen LogP) is 2.56. The smallest absolute Gasteiger partial charge is 0.248 e. The largest absolute Gasteiger partial charge is 0.398 e. The molecule has 1 heterocycles. The molecule has 0 aliphatic carbocycles. The highest BCUT2D eigenvalue weighted by molar-refractivity contribution is 5.94. The number of anilines is 5. The summed E-state index contributed by atoms with van der Waals surface area (Å²) in [5.74, 6) is -1.23. The van der Waals surface area contributed by atoms with E-state index < -0.39 is 11.7 Å². The first-order valence-corrected chi connectivity index (χ1v) is 9.41. The Kier molecular flexibility index (Phi) is 6.73. The first-order chi connectivity index (χ1) is 14.9. The van der Waals surface area contributed by atoms with Crippen molar-refractivity contribution in [2.45, 2.75) is 6.42 Å². The molecule has 0 unspecified atom stereocenters. The third-order valence-corrected chi connectivity index (χ3v) is 4.48. The normalized spacial score (nSPS) is 10.5. The molecule has 160 valence electrons. The van der Waals surface area contributed by atoms with E-state index in [-0.39, 0.29) is 24.9 Å². The Balaban J connectivity index is 2.03. The summed E-state index contributed by atoms with van der Waals surface area (Å²) in [7, 11) is 0. The average Bonchev–Trinajstić information content (AvgIpc) is 2.76. The topological polar surface area (TPSA) is 154 Å². The van der Waals surface area contributed by atoms with Crippen LogP contribution < -0.4 is 21.7 Å². The van der Waals surface area contributed by atoms with Crippen LogP contribution in [0.25, 0.3) is 0 Å². The lowest BCUT2D eigenvalue weighted by Crippen LogP contribution is -2.24. The van der Waals surface area contributed by atoms with E-state index in [2.05, 4.69) is 15.3 Å². The molecule has 1 amide bonds. The van der Waals surface area contributed by atoms with Gasteiger partial charge in [-0.2, -0.15) is 4.98 Å². The molecule has 0 aliphatic rings. The molecule has 0 aliphatic heterocycles. The van der Waals surface area contributed by atoms with Gasteiger partial charge in [0.1, 0.15) is 0 Å². The van der Waals surface area contributed by atoms with E-state index in [1.807, 2.05) is 0 Å². The predicted molar refractivity (Wildman–Crippen MR) is 118 cm³/mol. The van der Waals surface area contributed by atoms with E-state index in [0.29, 0.717) is 34.6 Å². The fourth-order valence-electron chi connectivity index (χ4n) is 3.02. The molecule has 0 saturated carbocycles. The Morgan fingerprint density at radius 2 is 2.06 bits per heavy atom. The highest BCUT2D eigenvalue weighted by Crippen LogP contribution is 2.32. The number of benzene rings is 2. The van der Waals surface area contributed by atoms with Gasteiger partial charge in [0.25, 0.3) is 0 Å². The minimum absolute atomic E-state index is 0.0503. The van der Waals surface area contributed by atoms with E-state index in [1.54, 1.807) is 36.4 Å². The van der Waals surface area contributed by atoms with Crippen molar-refractivity contribution < 1.29 is 14.3 Å². The highest BCUT2D eigenvalue weighted by Gasteiger charge is 2.20. The molecule has 0 saturated heterocycles. The number of nitrogens with zero attached hydrogens (tertiary/aromatic N) is 3. The number of aliphatic hydroxyl groups excluding tert-OH is 1. The monoisotopic (exact) mass is 423 g/mol. The number of nitrogens with two attached hydrogens (primary N) is 2. The number of nitrogens with one attached hydrogen (secondary N) is 2. The van der Waals surface area contributed by atoms with Crippen LogP contribution in [0.4, 0.5) is 33.2 Å². The number of hydrogen-bond donors (Lipinski definition) is 5. The molecule has 10 heteroatoms. The fourth-order valence-corrected chi connectivity index (χ4v) is 3.02. The second kappa shape index (κ2) is 9.63. The van der Waals surface area contributed by atoms with E-state index in [9.17, 15) is 14.3 Å². The van der Waals surface area contributed by atoms with Gasteiger partial charge in [-0.15, -0.1) is 0 Å². The third kappa shape index (κ3) is 4.93. The van der Waals surface area contributed by atoms with E-state index in [1.165, 1.54) is 11.0 Å². The van der Waals surface area contributed by atoms with Gasteiger partial charge in [0.05, 0.1) is 11.9 Å². The maximum absolute atomic E-state index is 14.8. The standard InChI is InChI=1S/C21H22FN7O2/c22-16-12-26-21(27-14-5-1-4-13(10-14)19(25)31)28-20(16)29(8-3-9-30)18-7-2-6-17(24)15(18)11-23/h1-2,4-7,10-12,23,30H,3,8-9,24H2,(H2,25,31)(H,26,27,28). The van der Waals surface area contributed by atoms with Crippen molar-refractivity contribution in [3.63, 3.8) is 0 Å². The Morgan fingerprint density at radius 1 is 1.29 bits per heavy atom. The van der Waals surface area contributed by atoms with Crippen LogP contribution in [0.15, 0.2) is 48.7 Å². The molecule has 9 nitrogen and oxygen atoms in total. The Bertz CT molecular complexity index is 1110. The summed E-state index contributed by atoms with van der Waals surface area (Å²) >= 11 is 0. The van der Waals surface area contributed by atoms with Crippen molar-refractivity contribution in [3.05, 3.63) is 65.6 Å². The number of carbonyl (C=O) groups excluding carboxylic acids is 1. The maximum Gasteiger partial charge on any atom is 0.248 e. The molecular weight excluding hydrogens is 401 g/mol. The van der Waals surface area contributed by atoms with Crippen LogP contribution >= 0.6 is 0 Å². The van der Waals surface area contributed by atoms with Crippen LogP contribution in [0.2, 0.25) is 0 Å². The number of carbonyl (C=O) groups is 1. The van der Waals surface area contributed by atoms with Gasteiger partial charge in [-0.1, -0.05) is 12.1 Å². The van der Waals surface area contributed by atoms with Crippen LogP contribution in [0.1, 0.15) is 22.3 Å². The van der Waals surface area contributed by atoms with Crippen molar-refractivity contribution in [3.8, 4) is 0 Å². The summed E-state index contributed by atoms with van der Waals surface area (Å²) in [6.07, 6.45) is 2.44.